The molecule has 3 nitrogen and oxygen atoms in total. The molecule has 1 fully saturated rings. The first-order chi connectivity index (χ1) is 13.5. The van der Waals surface area contributed by atoms with Crippen LogP contribution in [0.5, 0.6) is 0 Å². The van der Waals surface area contributed by atoms with E-state index < -0.39 is 0 Å². The van der Waals surface area contributed by atoms with Crippen molar-refractivity contribution in [3.8, 4) is 0 Å². The Morgan fingerprint density at radius 2 is 2.14 bits per heavy atom. The molecule has 28 heavy (non-hydrogen) atoms. The molecule has 152 valence electrons. The number of hydrogen-bond acceptors (Lipinski definition) is 2. The fourth-order valence-corrected chi connectivity index (χ4v) is 5.00. The van der Waals surface area contributed by atoms with Crippen molar-refractivity contribution in [1.29, 1.82) is 0 Å². The van der Waals surface area contributed by atoms with E-state index in [2.05, 4.69) is 66.7 Å². The molecule has 2 unspecified atom stereocenters. The second-order valence-corrected chi connectivity index (χ2v) is 9.70. The molecule has 2 N–H and O–H groups in total. The molecule has 2 aromatic rings. The van der Waals surface area contributed by atoms with Crippen LogP contribution in [-0.4, -0.2) is 36.2 Å². The molecule has 1 aliphatic rings. The number of hydrogen-bond donors (Lipinski definition) is 2. The number of quaternary nitrogens is 1. The quantitative estimate of drug-likeness (QED) is 0.658. The van der Waals surface area contributed by atoms with Gasteiger partial charge in [0.25, 0.3) is 0 Å². The molecule has 2 atom stereocenters. The molecule has 0 bridgehead atoms. The molecule has 0 radical (unpaired) electrons. The minimum atomic E-state index is 0.832. The number of nitrogens with zero attached hydrogens (tertiary/aromatic N) is 1. The Balaban J connectivity index is 1.58. The first-order valence-corrected chi connectivity index (χ1v) is 11.8. The lowest BCUT2D eigenvalue weighted by molar-refractivity contribution is -0.908. The molecule has 0 spiro atoms. The van der Waals surface area contributed by atoms with Crippen LogP contribution in [0.25, 0.3) is 0 Å². The predicted molar refractivity (Wildman–Crippen MR) is 125 cm³/mol. The summed E-state index contributed by atoms with van der Waals surface area (Å²) in [6, 6.07) is 10.8. The summed E-state index contributed by atoms with van der Waals surface area (Å²) >= 11 is 7.61. The largest absolute Gasteiger partial charge is 0.344 e. The standard InChI is InChI=1S/C23H33N3S2/c1-18-7-4-11-25(16-18)12-6-13-26(17-22-8-5-14-28-22)23(27)24-21-10-9-19(2)20(3)15-21/h5,8-10,14-15,18H,4,6-7,11-13,16-17H2,1-3H3,(H,24,27)/p+1. The molecule has 0 amide bonds. The van der Waals surface area contributed by atoms with Gasteiger partial charge in [0.1, 0.15) is 0 Å². The highest BCUT2D eigenvalue weighted by atomic mass is 32.1. The van der Waals surface area contributed by atoms with Crippen LogP contribution in [0.4, 0.5) is 5.69 Å². The van der Waals surface area contributed by atoms with Gasteiger partial charge < -0.3 is 15.1 Å². The summed E-state index contributed by atoms with van der Waals surface area (Å²) in [5.74, 6) is 0.874. The Kier molecular flexibility index (Phi) is 7.89. The minimum absolute atomic E-state index is 0.832. The molecule has 5 heteroatoms. The average Bonchev–Trinajstić information content (AvgIpc) is 3.17. The average molecular weight is 417 g/mol. The van der Waals surface area contributed by atoms with Gasteiger partial charge in [-0.1, -0.05) is 19.1 Å². The molecule has 2 heterocycles. The predicted octanol–water partition coefficient (Wildman–Crippen LogP) is 4.27. The SMILES string of the molecule is Cc1ccc(NC(=S)N(CCC[NH+]2CCCC(C)C2)Cc2cccs2)cc1C. The summed E-state index contributed by atoms with van der Waals surface area (Å²) in [4.78, 5) is 5.47. The highest BCUT2D eigenvalue weighted by Crippen LogP contribution is 2.17. The van der Waals surface area contributed by atoms with Gasteiger partial charge in [0.15, 0.2) is 5.11 Å². The van der Waals surface area contributed by atoms with Crippen LogP contribution in [-0.2, 0) is 6.54 Å². The Bertz CT molecular complexity index is 757. The summed E-state index contributed by atoms with van der Waals surface area (Å²) in [5, 5.41) is 6.45. The molecular formula is C23H34N3S2+. The maximum atomic E-state index is 5.81. The highest BCUT2D eigenvalue weighted by Gasteiger charge is 2.20. The van der Waals surface area contributed by atoms with E-state index in [0.29, 0.717) is 0 Å². The van der Waals surface area contributed by atoms with Crippen LogP contribution >= 0.6 is 23.6 Å². The maximum absolute atomic E-state index is 5.81. The number of anilines is 1. The van der Waals surface area contributed by atoms with E-state index in [4.69, 9.17) is 12.2 Å². The van der Waals surface area contributed by atoms with E-state index in [1.807, 2.05) is 0 Å². The number of nitrogens with one attached hydrogen (secondary N) is 2. The molecule has 0 aliphatic carbocycles. The summed E-state index contributed by atoms with van der Waals surface area (Å²) in [7, 11) is 0. The van der Waals surface area contributed by atoms with Crippen molar-refractivity contribution in [2.24, 2.45) is 5.92 Å². The fourth-order valence-electron chi connectivity index (χ4n) is 4.01. The normalized spacial score (nSPS) is 19.4. The number of thiophene rings is 1. The molecule has 1 aromatic heterocycles. The molecular weight excluding hydrogens is 382 g/mol. The van der Waals surface area contributed by atoms with Gasteiger partial charge in [0, 0.05) is 29.4 Å². The van der Waals surface area contributed by atoms with Crippen molar-refractivity contribution >= 4 is 34.4 Å². The van der Waals surface area contributed by atoms with Gasteiger partial charge >= 0.3 is 0 Å². The van der Waals surface area contributed by atoms with Gasteiger partial charge in [-0.3, -0.25) is 0 Å². The van der Waals surface area contributed by atoms with E-state index in [1.165, 1.54) is 54.9 Å². The van der Waals surface area contributed by atoms with Crippen LogP contribution in [0.2, 0.25) is 0 Å². The number of likely N-dealkylation sites (tertiary alicyclic amines) is 1. The van der Waals surface area contributed by atoms with Gasteiger partial charge in [-0.05, 0) is 73.6 Å². The van der Waals surface area contributed by atoms with E-state index >= 15 is 0 Å². The Morgan fingerprint density at radius 3 is 2.86 bits per heavy atom. The fraction of sp³-hybridized carbons (Fsp3) is 0.522. The smallest absolute Gasteiger partial charge is 0.173 e. The third kappa shape index (κ3) is 6.29. The van der Waals surface area contributed by atoms with Crippen LogP contribution in [0.3, 0.4) is 0 Å². The van der Waals surface area contributed by atoms with Crippen LogP contribution in [0.15, 0.2) is 35.7 Å². The van der Waals surface area contributed by atoms with Gasteiger partial charge in [-0.15, -0.1) is 11.3 Å². The van der Waals surface area contributed by atoms with E-state index in [0.717, 1.165) is 29.8 Å². The monoisotopic (exact) mass is 416 g/mol. The molecule has 1 saturated heterocycles. The van der Waals surface area contributed by atoms with Crippen molar-refractivity contribution in [1.82, 2.24) is 4.90 Å². The van der Waals surface area contributed by atoms with Crippen molar-refractivity contribution < 1.29 is 4.90 Å². The summed E-state index contributed by atoms with van der Waals surface area (Å²) in [6.45, 7) is 12.5. The van der Waals surface area contributed by atoms with Crippen molar-refractivity contribution in [2.45, 2.75) is 46.6 Å². The minimum Gasteiger partial charge on any atom is -0.344 e. The number of rotatable bonds is 7. The lowest BCUT2D eigenvalue weighted by atomic mass is 10.0. The molecule has 0 saturated carbocycles. The van der Waals surface area contributed by atoms with Gasteiger partial charge in [-0.2, -0.15) is 0 Å². The topological polar surface area (TPSA) is 19.7 Å². The van der Waals surface area contributed by atoms with Crippen LogP contribution < -0.4 is 10.2 Å². The van der Waals surface area contributed by atoms with Crippen LogP contribution in [0, 0.1) is 19.8 Å². The molecule has 1 aliphatic heterocycles. The van der Waals surface area contributed by atoms with Crippen molar-refractivity contribution in [2.75, 3.05) is 31.5 Å². The summed E-state index contributed by atoms with van der Waals surface area (Å²) in [5.41, 5.74) is 3.69. The zero-order valence-corrected chi connectivity index (χ0v) is 19.1. The van der Waals surface area contributed by atoms with E-state index in [1.54, 1.807) is 16.2 Å². The zero-order chi connectivity index (χ0) is 19.9. The number of piperidine rings is 1. The summed E-state index contributed by atoms with van der Waals surface area (Å²) in [6.07, 6.45) is 3.96. The van der Waals surface area contributed by atoms with Crippen molar-refractivity contribution in [3.05, 3.63) is 51.7 Å². The van der Waals surface area contributed by atoms with Gasteiger partial charge in [0.2, 0.25) is 0 Å². The summed E-state index contributed by atoms with van der Waals surface area (Å²) < 4.78 is 0. The molecule has 3 rings (SSSR count). The van der Waals surface area contributed by atoms with E-state index in [9.17, 15) is 0 Å². The third-order valence-electron chi connectivity index (χ3n) is 5.79. The molecule has 1 aromatic carbocycles. The first kappa shape index (κ1) is 21.3. The van der Waals surface area contributed by atoms with Gasteiger partial charge in [-0.25, -0.2) is 0 Å². The first-order valence-electron chi connectivity index (χ1n) is 10.5. The third-order valence-corrected chi connectivity index (χ3v) is 7.02. The zero-order valence-electron chi connectivity index (χ0n) is 17.5. The Morgan fingerprint density at radius 1 is 1.29 bits per heavy atom. The lowest BCUT2D eigenvalue weighted by Gasteiger charge is -2.30. The Hall–Kier alpha value is -1.43. The van der Waals surface area contributed by atoms with Crippen LogP contribution in [0.1, 0.15) is 42.2 Å². The maximum Gasteiger partial charge on any atom is 0.173 e. The number of thiocarbonyl (C=S) groups is 1. The van der Waals surface area contributed by atoms with E-state index in [-0.39, 0.29) is 0 Å². The highest BCUT2D eigenvalue weighted by molar-refractivity contribution is 7.80. The van der Waals surface area contributed by atoms with Crippen molar-refractivity contribution in [3.63, 3.8) is 0 Å². The second kappa shape index (κ2) is 10.4. The lowest BCUT2D eigenvalue weighted by Crippen LogP contribution is -3.13. The second-order valence-electron chi connectivity index (χ2n) is 8.29. The number of aryl methyl sites for hydroxylation is 2. The van der Waals surface area contributed by atoms with Gasteiger partial charge in [0.05, 0.1) is 26.2 Å². The Labute approximate surface area is 179 Å². The number of benzene rings is 1.